The van der Waals surface area contributed by atoms with Crippen LogP contribution in [0.15, 0.2) is 0 Å². The lowest BCUT2D eigenvalue weighted by molar-refractivity contribution is -0.258. The van der Waals surface area contributed by atoms with Crippen LogP contribution in [0.4, 0.5) is 0 Å². The van der Waals surface area contributed by atoms with Crippen molar-refractivity contribution in [3.05, 3.63) is 0 Å². The summed E-state index contributed by atoms with van der Waals surface area (Å²) < 4.78 is 9.96. The molecular weight excluding hydrogens is 218 g/mol. The number of carbonyl (C=O) groups is 1. The van der Waals surface area contributed by atoms with E-state index in [0.29, 0.717) is 0 Å². The molecule has 1 amide bonds. The molecule has 0 aromatic rings. The Kier molecular flexibility index (Phi) is 4.63. The van der Waals surface area contributed by atoms with Gasteiger partial charge in [0.15, 0.2) is 6.29 Å². The van der Waals surface area contributed by atoms with E-state index < -0.39 is 37.3 Å². The highest BCUT2D eigenvalue weighted by atomic mass is 16.6. The second kappa shape index (κ2) is 5.55. The number of aliphatic hydroxyl groups is 3. The Labute approximate surface area is 93.0 Å². The maximum atomic E-state index is 10.9. The van der Waals surface area contributed by atoms with Crippen molar-refractivity contribution in [3.8, 4) is 0 Å². The van der Waals surface area contributed by atoms with Gasteiger partial charge < -0.3 is 30.1 Å². The summed E-state index contributed by atoms with van der Waals surface area (Å²) in [6.07, 6.45) is -4.19. The molecule has 1 heterocycles. The minimum atomic E-state index is -1.32. The van der Waals surface area contributed by atoms with E-state index in [9.17, 15) is 15.0 Å². The van der Waals surface area contributed by atoms with E-state index in [0.717, 1.165) is 0 Å². The molecule has 0 radical (unpaired) electrons. The molecule has 0 aromatic heterocycles. The van der Waals surface area contributed by atoms with Crippen molar-refractivity contribution in [1.29, 1.82) is 0 Å². The van der Waals surface area contributed by atoms with Crippen LogP contribution >= 0.6 is 0 Å². The second-order valence-electron chi connectivity index (χ2n) is 3.66. The average Bonchev–Trinajstić information content (AvgIpc) is 2.23. The summed E-state index contributed by atoms with van der Waals surface area (Å²) in [5.74, 6) is -0.371. The topological polar surface area (TPSA) is 108 Å². The molecule has 0 aromatic carbocycles. The molecule has 94 valence electrons. The van der Waals surface area contributed by atoms with Crippen molar-refractivity contribution in [3.63, 3.8) is 0 Å². The number of amides is 1. The van der Waals surface area contributed by atoms with Crippen molar-refractivity contribution in [2.75, 3.05) is 13.7 Å². The molecule has 0 unspecified atom stereocenters. The van der Waals surface area contributed by atoms with Crippen LogP contribution in [0, 0.1) is 0 Å². The average molecular weight is 235 g/mol. The van der Waals surface area contributed by atoms with Crippen molar-refractivity contribution in [2.45, 2.75) is 37.6 Å². The highest BCUT2D eigenvalue weighted by Gasteiger charge is 2.45. The fourth-order valence-corrected chi connectivity index (χ4v) is 1.76. The van der Waals surface area contributed by atoms with Gasteiger partial charge in [-0.3, -0.25) is 4.79 Å². The molecule has 0 saturated carbocycles. The minimum absolute atomic E-state index is 0.371. The first-order valence-electron chi connectivity index (χ1n) is 4.93. The van der Waals surface area contributed by atoms with Crippen LogP contribution in [-0.4, -0.2) is 65.6 Å². The van der Waals surface area contributed by atoms with E-state index in [2.05, 4.69) is 5.32 Å². The third-order valence-electron chi connectivity index (χ3n) is 2.51. The van der Waals surface area contributed by atoms with Gasteiger partial charge in [-0.15, -0.1) is 0 Å². The Morgan fingerprint density at radius 3 is 2.56 bits per heavy atom. The monoisotopic (exact) mass is 235 g/mol. The Hall–Kier alpha value is -0.730. The molecule has 7 heteroatoms. The SMILES string of the molecule is CO[C@@H]1[C@H](O)[C@H](CO)O[C@@H](O)[C@H]1NC(C)=O. The first-order valence-corrected chi connectivity index (χ1v) is 4.93. The van der Waals surface area contributed by atoms with Crippen LogP contribution < -0.4 is 5.32 Å². The number of carbonyl (C=O) groups excluding carboxylic acids is 1. The van der Waals surface area contributed by atoms with E-state index in [1.54, 1.807) is 0 Å². The highest BCUT2D eigenvalue weighted by molar-refractivity contribution is 5.73. The molecule has 5 atom stereocenters. The molecule has 1 aliphatic rings. The zero-order valence-electron chi connectivity index (χ0n) is 9.16. The molecule has 0 aliphatic carbocycles. The van der Waals surface area contributed by atoms with E-state index in [1.165, 1.54) is 14.0 Å². The molecular formula is C9H17NO6. The Balaban J connectivity index is 2.78. The van der Waals surface area contributed by atoms with Gasteiger partial charge in [-0.25, -0.2) is 0 Å². The van der Waals surface area contributed by atoms with Gasteiger partial charge >= 0.3 is 0 Å². The van der Waals surface area contributed by atoms with Crippen molar-refractivity contribution in [1.82, 2.24) is 5.32 Å². The molecule has 1 saturated heterocycles. The number of ether oxygens (including phenoxy) is 2. The number of rotatable bonds is 3. The maximum absolute atomic E-state index is 10.9. The number of nitrogens with one attached hydrogen (secondary N) is 1. The molecule has 1 fully saturated rings. The largest absolute Gasteiger partial charge is 0.394 e. The van der Waals surface area contributed by atoms with Gasteiger partial charge in [-0.05, 0) is 0 Å². The Morgan fingerprint density at radius 2 is 2.12 bits per heavy atom. The summed E-state index contributed by atoms with van der Waals surface area (Å²) in [4.78, 5) is 10.9. The normalized spacial score (nSPS) is 39.4. The molecule has 4 N–H and O–H groups in total. The van der Waals surface area contributed by atoms with Gasteiger partial charge in [0, 0.05) is 14.0 Å². The lowest BCUT2D eigenvalue weighted by Crippen LogP contribution is -2.64. The molecule has 0 spiro atoms. The first-order chi connectivity index (χ1) is 7.51. The molecule has 0 bridgehead atoms. The van der Waals surface area contributed by atoms with Crippen molar-refractivity contribution in [2.24, 2.45) is 0 Å². The van der Waals surface area contributed by atoms with Gasteiger partial charge in [0.25, 0.3) is 0 Å². The number of hydrogen-bond donors (Lipinski definition) is 4. The van der Waals surface area contributed by atoms with Crippen LogP contribution in [0.1, 0.15) is 6.92 Å². The zero-order valence-corrected chi connectivity index (χ0v) is 9.16. The predicted molar refractivity (Wildman–Crippen MR) is 52.4 cm³/mol. The Bertz CT molecular complexity index is 248. The lowest BCUT2D eigenvalue weighted by Gasteiger charge is -2.41. The summed E-state index contributed by atoms with van der Waals surface area (Å²) in [6, 6.07) is -0.861. The van der Waals surface area contributed by atoms with E-state index in [4.69, 9.17) is 14.6 Å². The highest BCUT2D eigenvalue weighted by Crippen LogP contribution is 2.21. The lowest BCUT2D eigenvalue weighted by atomic mass is 9.97. The van der Waals surface area contributed by atoms with Crippen LogP contribution in [0.2, 0.25) is 0 Å². The summed E-state index contributed by atoms with van der Waals surface area (Å²) in [7, 11) is 1.34. The van der Waals surface area contributed by atoms with E-state index >= 15 is 0 Å². The molecule has 1 rings (SSSR count). The van der Waals surface area contributed by atoms with Gasteiger partial charge in [0.1, 0.15) is 24.4 Å². The summed E-state index contributed by atoms with van der Waals surface area (Å²) in [5, 5.41) is 30.7. The quantitative estimate of drug-likeness (QED) is 0.433. The summed E-state index contributed by atoms with van der Waals surface area (Å²) >= 11 is 0. The van der Waals surface area contributed by atoms with Crippen LogP contribution in [-0.2, 0) is 14.3 Å². The predicted octanol–water partition coefficient (Wildman–Crippen LogP) is -2.42. The van der Waals surface area contributed by atoms with Gasteiger partial charge in [-0.1, -0.05) is 0 Å². The van der Waals surface area contributed by atoms with Crippen LogP contribution in [0.25, 0.3) is 0 Å². The Morgan fingerprint density at radius 1 is 1.50 bits per heavy atom. The fraction of sp³-hybridized carbons (Fsp3) is 0.889. The molecule has 7 nitrogen and oxygen atoms in total. The standard InChI is InChI=1S/C9H17NO6/c1-4(12)10-6-8(15-2)7(13)5(3-11)16-9(6)14/h5-9,11,13-14H,3H2,1-2H3,(H,10,12)/t5-,6-,7+,8-,9+/m0/s1. The fourth-order valence-electron chi connectivity index (χ4n) is 1.76. The molecule has 1 aliphatic heterocycles. The number of aliphatic hydroxyl groups excluding tert-OH is 3. The van der Waals surface area contributed by atoms with Gasteiger partial charge in [0.2, 0.25) is 5.91 Å². The third-order valence-corrected chi connectivity index (χ3v) is 2.51. The third kappa shape index (κ3) is 2.69. The van der Waals surface area contributed by atoms with Crippen LogP contribution in [0.5, 0.6) is 0 Å². The number of hydrogen-bond acceptors (Lipinski definition) is 6. The van der Waals surface area contributed by atoms with Gasteiger partial charge in [0.05, 0.1) is 6.61 Å². The van der Waals surface area contributed by atoms with Crippen LogP contribution in [0.3, 0.4) is 0 Å². The zero-order chi connectivity index (χ0) is 12.3. The van der Waals surface area contributed by atoms with Gasteiger partial charge in [-0.2, -0.15) is 0 Å². The maximum Gasteiger partial charge on any atom is 0.217 e. The smallest absolute Gasteiger partial charge is 0.217 e. The first kappa shape index (κ1) is 13.3. The molecule has 16 heavy (non-hydrogen) atoms. The summed E-state index contributed by atoms with van der Waals surface area (Å²) in [6.45, 7) is 0.842. The van der Waals surface area contributed by atoms with E-state index in [-0.39, 0.29) is 5.91 Å². The van der Waals surface area contributed by atoms with E-state index in [1.807, 2.05) is 0 Å². The number of methoxy groups -OCH3 is 1. The van der Waals surface area contributed by atoms with Crippen molar-refractivity contribution < 1.29 is 29.6 Å². The minimum Gasteiger partial charge on any atom is -0.394 e. The van der Waals surface area contributed by atoms with Crippen molar-refractivity contribution >= 4 is 5.91 Å². The second-order valence-corrected chi connectivity index (χ2v) is 3.66. The summed E-state index contributed by atoms with van der Waals surface area (Å²) in [5.41, 5.74) is 0.